The molecule has 0 aromatic heterocycles. The Bertz CT molecular complexity index is 852. The molecule has 8 heteroatoms. The monoisotopic (exact) mass is 354 g/mol. The zero-order valence-corrected chi connectivity index (χ0v) is 13.8. The molecule has 1 atom stereocenters. The molecule has 2 N–H and O–H groups in total. The van der Waals surface area contributed by atoms with E-state index in [0.29, 0.717) is 5.56 Å². The van der Waals surface area contributed by atoms with Crippen LogP contribution in [0.15, 0.2) is 47.4 Å². The molecular formula is C16H16F2N2O3S. The van der Waals surface area contributed by atoms with Crippen molar-refractivity contribution < 1.29 is 22.0 Å². The average Bonchev–Trinajstić information content (AvgIpc) is 2.51. The average molecular weight is 354 g/mol. The lowest BCUT2D eigenvalue weighted by molar-refractivity contribution is -0.117. The van der Waals surface area contributed by atoms with Gasteiger partial charge in [0.15, 0.2) is 0 Å². The van der Waals surface area contributed by atoms with Gasteiger partial charge in [0, 0.05) is 5.69 Å². The van der Waals surface area contributed by atoms with Crippen LogP contribution in [0.2, 0.25) is 0 Å². The third-order valence-electron chi connectivity index (χ3n) is 3.29. The minimum absolute atomic E-state index is 0.162. The van der Waals surface area contributed by atoms with Gasteiger partial charge in [-0.25, -0.2) is 17.2 Å². The molecule has 0 aliphatic rings. The molecule has 1 amide bonds. The highest BCUT2D eigenvalue weighted by atomic mass is 32.2. The second-order valence-electron chi connectivity index (χ2n) is 5.25. The van der Waals surface area contributed by atoms with E-state index in [2.05, 4.69) is 10.0 Å². The molecule has 0 fully saturated rings. The maximum Gasteiger partial charge on any atom is 0.242 e. The summed E-state index contributed by atoms with van der Waals surface area (Å²) in [6, 6.07) is 7.26. The van der Waals surface area contributed by atoms with E-state index in [1.54, 1.807) is 6.92 Å². The van der Waals surface area contributed by atoms with Gasteiger partial charge in [0.2, 0.25) is 15.9 Å². The molecule has 2 aromatic carbocycles. The zero-order valence-electron chi connectivity index (χ0n) is 13.0. The Morgan fingerprint density at radius 1 is 1.08 bits per heavy atom. The van der Waals surface area contributed by atoms with Crippen LogP contribution in [0.4, 0.5) is 14.5 Å². The number of hydrogen-bond donors (Lipinski definition) is 2. The van der Waals surface area contributed by atoms with E-state index in [1.165, 1.54) is 19.1 Å². The van der Waals surface area contributed by atoms with Gasteiger partial charge in [0.05, 0.1) is 10.9 Å². The molecule has 128 valence electrons. The first-order valence-electron chi connectivity index (χ1n) is 7.04. The topological polar surface area (TPSA) is 75.3 Å². The smallest absolute Gasteiger partial charge is 0.242 e. The minimum Gasteiger partial charge on any atom is -0.325 e. The molecule has 5 nitrogen and oxygen atoms in total. The summed E-state index contributed by atoms with van der Waals surface area (Å²) in [5.41, 5.74) is 0.647. The SMILES string of the molecule is Cc1ccc(NC(=O)[C@H](C)NS(=O)(=O)c2ccc(F)cc2)cc1F. The first-order chi connectivity index (χ1) is 11.2. The van der Waals surface area contributed by atoms with Crippen LogP contribution >= 0.6 is 0 Å². The Balaban J connectivity index is 2.07. The third-order valence-corrected chi connectivity index (χ3v) is 4.85. The van der Waals surface area contributed by atoms with E-state index in [9.17, 15) is 22.0 Å². The molecule has 0 saturated heterocycles. The molecule has 0 spiro atoms. The van der Waals surface area contributed by atoms with Gasteiger partial charge in [-0.15, -0.1) is 0 Å². The minimum atomic E-state index is -3.98. The summed E-state index contributed by atoms with van der Waals surface area (Å²) in [7, 11) is -3.98. The summed E-state index contributed by atoms with van der Waals surface area (Å²) in [6.45, 7) is 2.93. The lowest BCUT2D eigenvalue weighted by Gasteiger charge is -2.15. The summed E-state index contributed by atoms with van der Waals surface area (Å²) in [5, 5.41) is 2.43. The number of anilines is 1. The van der Waals surface area contributed by atoms with Crippen LogP contribution in [0.5, 0.6) is 0 Å². The zero-order chi connectivity index (χ0) is 17.9. The van der Waals surface area contributed by atoms with Crippen molar-refractivity contribution >= 4 is 21.6 Å². The van der Waals surface area contributed by atoms with Crippen molar-refractivity contribution in [2.24, 2.45) is 0 Å². The van der Waals surface area contributed by atoms with Crippen molar-refractivity contribution in [3.8, 4) is 0 Å². The molecule has 2 rings (SSSR count). The van der Waals surface area contributed by atoms with Gasteiger partial charge >= 0.3 is 0 Å². The van der Waals surface area contributed by atoms with Crippen LogP contribution in [-0.4, -0.2) is 20.4 Å². The van der Waals surface area contributed by atoms with Crippen LogP contribution in [0.1, 0.15) is 12.5 Å². The van der Waals surface area contributed by atoms with Crippen molar-refractivity contribution in [1.82, 2.24) is 4.72 Å². The fourth-order valence-corrected chi connectivity index (χ4v) is 3.09. The third kappa shape index (κ3) is 4.36. The summed E-state index contributed by atoms with van der Waals surface area (Å²) >= 11 is 0. The van der Waals surface area contributed by atoms with Gasteiger partial charge in [-0.05, 0) is 55.8 Å². The van der Waals surface area contributed by atoms with Gasteiger partial charge < -0.3 is 5.32 Å². The Labute approximate surface area is 138 Å². The Morgan fingerprint density at radius 3 is 2.29 bits per heavy atom. The van der Waals surface area contributed by atoms with E-state index in [1.807, 2.05) is 0 Å². The number of carbonyl (C=O) groups excluding carboxylic acids is 1. The van der Waals surface area contributed by atoms with E-state index in [-0.39, 0.29) is 10.6 Å². The number of rotatable bonds is 5. The predicted octanol–water partition coefficient (Wildman–Crippen LogP) is 2.58. The number of carbonyl (C=O) groups is 1. The van der Waals surface area contributed by atoms with Crippen molar-refractivity contribution in [1.29, 1.82) is 0 Å². The van der Waals surface area contributed by atoms with Crippen molar-refractivity contribution in [3.63, 3.8) is 0 Å². The number of hydrogen-bond acceptors (Lipinski definition) is 3. The summed E-state index contributed by atoms with van der Waals surface area (Å²) in [6.07, 6.45) is 0. The van der Waals surface area contributed by atoms with Crippen LogP contribution in [0, 0.1) is 18.6 Å². The standard InChI is InChI=1S/C16H16F2N2O3S/c1-10-3-6-13(9-15(10)18)19-16(21)11(2)20-24(22,23)14-7-4-12(17)5-8-14/h3-9,11,20H,1-2H3,(H,19,21)/t11-/m0/s1. The molecule has 2 aromatic rings. The Hall–Kier alpha value is -2.32. The predicted molar refractivity (Wildman–Crippen MR) is 86.0 cm³/mol. The highest BCUT2D eigenvalue weighted by molar-refractivity contribution is 7.89. The van der Waals surface area contributed by atoms with E-state index >= 15 is 0 Å². The van der Waals surface area contributed by atoms with Crippen LogP contribution in [0.3, 0.4) is 0 Å². The number of nitrogens with one attached hydrogen (secondary N) is 2. The van der Waals surface area contributed by atoms with Crippen molar-refractivity contribution in [3.05, 3.63) is 59.7 Å². The number of sulfonamides is 1. The molecule has 0 saturated carbocycles. The highest BCUT2D eigenvalue weighted by Gasteiger charge is 2.22. The van der Waals surface area contributed by atoms with Gasteiger partial charge in [-0.1, -0.05) is 6.07 Å². The number of aryl methyl sites for hydroxylation is 1. The summed E-state index contributed by atoms with van der Waals surface area (Å²) < 4.78 is 52.8. The lowest BCUT2D eigenvalue weighted by atomic mass is 10.2. The fourth-order valence-electron chi connectivity index (χ4n) is 1.89. The fraction of sp³-hybridized carbons (Fsp3) is 0.188. The quantitative estimate of drug-likeness (QED) is 0.867. The van der Waals surface area contributed by atoms with Crippen LogP contribution < -0.4 is 10.0 Å². The summed E-state index contributed by atoms with van der Waals surface area (Å²) in [4.78, 5) is 11.9. The molecule has 0 aliphatic carbocycles. The van der Waals surface area contributed by atoms with E-state index in [0.717, 1.165) is 30.3 Å². The second kappa shape index (κ2) is 7.06. The van der Waals surface area contributed by atoms with Crippen LogP contribution in [-0.2, 0) is 14.8 Å². The number of amides is 1. The first kappa shape index (κ1) is 18.0. The number of benzene rings is 2. The Morgan fingerprint density at radius 2 is 1.71 bits per heavy atom. The largest absolute Gasteiger partial charge is 0.325 e. The molecule has 0 radical (unpaired) electrons. The van der Waals surface area contributed by atoms with Gasteiger partial charge in [-0.2, -0.15) is 4.72 Å². The van der Waals surface area contributed by atoms with E-state index in [4.69, 9.17) is 0 Å². The molecule has 0 bridgehead atoms. The van der Waals surface area contributed by atoms with Gasteiger partial charge in [-0.3, -0.25) is 4.79 Å². The lowest BCUT2D eigenvalue weighted by Crippen LogP contribution is -2.41. The van der Waals surface area contributed by atoms with E-state index < -0.39 is 33.6 Å². The molecular weight excluding hydrogens is 338 g/mol. The highest BCUT2D eigenvalue weighted by Crippen LogP contribution is 2.14. The van der Waals surface area contributed by atoms with Crippen molar-refractivity contribution in [2.45, 2.75) is 24.8 Å². The molecule has 0 heterocycles. The molecule has 24 heavy (non-hydrogen) atoms. The molecule has 0 aliphatic heterocycles. The first-order valence-corrected chi connectivity index (χ1v) is 8.52. The number of halogens is 2. The Kier molecular flexibility index (Phi) is 5.30. The molecule has 0 unspecified atom stereocenters. The van der Waals surface area contributed by atoms with Gasteiger partial charge in [0.25, 0.3) is 0 Å². The van der Waals surface area contributed by atoms with Gasteiger partial charge in [0.1, 0.15) is 11.6 Å². The maximum atomic E-state index is 13.5. The summed E-state index contributed by atoms with van der Waals surface area (Å²) in [5.74, 6) is -1.70. The van der Waals surface area contributed by atoms with Crippen LogP contribution in [0.25, 0.3) is 0 Å². The normalized spacial score (nSPS) is 12.7. The second-order valence-corrected chi connectivity index (χ2v) is 6.96. The maximum absolute atomic E-state index is 13.5. The van der Waals surface area contributed by atoms with Crippen molar-refractivity contribution in [2.75, 3.05) is 5.32 Å².